The number of carboxylic acids is 1. The average molecular weight is 362 g/mol. The molecule has 1 N–H and O–H groups in total. The van der Waals surface area contributed by atoms with Gasteiger partial charge in [0.15, 0.2) is 17.1 Å². The summed E-state index contributed by atoms with van der Waals surface area (Å²) in [6.45, 7) is -0.401. The molecule has 2 aromatic heterocycles. The maximum atomic E-state index is 13.8. The van der Waals surface area contributed by atoms with Crippen molar-refractivity contribution >= 4 is 28.8 Å². The number of pyridine rings is 2. The Morgan fingerprint density at radius 1 is 1.24 bits per heavy atom. The quantitative estimate of drug-likeness (QED) is 0.707. The van der Waals surface area contributed by atoms with Crippen LogP contribution in [-0.2, 0) is 17.1 Å². The number of nitrogens with zero attached hydrogens (tertiary/aromatic N) is 2. The van der Waals surface area contributed by atoms with Gasteiger partial charge in [-0.1, -0.05) is 12.1 Å². The van der Waals surface area contributed by atoms with Gasteiger partial charge in [-0.25, -0.2) is 13.8 Å². The Morgan fingerprint density at radius 2 is 2.04 bits per heavy atom. The Bertz CT molecular complexity index is 1020. The molecular weight excluding hydrogens is 350 g/mol. The number of thioether (sulfide) groups is 1. The van der Waals surface area contributed by atoms with Crippen LogP contribution in [0.25, 0.3) is 11.0 Å². The van der Waals surface area contributed by atoms with Gasteiger partial charge in [0.05, 0.1) is 10.4 Å². The minimum Gasteiger partial charge on any atom is -0.480 e. The van der Waals surface area contributed by atoms with Crippen molar-refractivity contribution in [3.8, 4) is 0 Å². The first-order chi connectivity index (χ1) is 12.0. The van der Waals surface area contributed by atoms with Crippen LogP contribution < -0.4 is 5.43 Å². The molecule has 3 rings (SSSR count). The lowest BCUT2D eigenvalue weighted by atomic mass is 10.2. The summed E-state index contributed by atoms with van der Waals surface area (Å²) in [6.07, 6.45) is 1.46. The molecule has 1 aromatic carbocycles. The van der Waals surface area contributed by atoms with Crippen molar-refractivity contribution in [1.29, 1.82) is 0 Å². The molecule has 0 fully saturated rings. The largest absolute Gasteiger partial charge is 0.480 e. The molecule has 0 atom stereocenters. The lowest BCUT2D eigenvalue weighted by molar-refractivity contribution is -0.137. The average Bonchev–Trinajstić information content (AvgIpc) is 2.59. The summed E-state index contributed by atoms with van der Waals surface area (Å²) in [5.74, 6) is -2.97. The Kier molecular flexibility index (Phi) is 4.80. The fourth-order valence-electron chi connectivity index (χ4n) is 2.40. The van der Waals surface area contributed by atoms with Gasteiger partial charge in [-0.05, 0) is 18.2 Å². The molecule has 0 saturated carbocycles. The van der Waals surface area contributed by atoms with Gasteiger partial charge in [-0.15, -0.1) is 11.8 Å². The first-order valence-electron chi connectivity index (χ1n) is 7.23. The maximum absolute atomic E-state index is 13.8. The molecule has 3 aromatic rings. The first kappa shape index (κ1) is 17.1. The van der Waals surface area contributed by atoms with E-state index in [0.717, 1.165) is 17.8 Å². The summed E-state index contributed by atoms with van der Waals surface area (Å²) in [7, 11) is 0. The molecule has 0 spiro atoms. The second-order valence-corrected chi connectivity index (χ2v) is 6.20. The van der Waals surface area contributed by atoms with Crippen LogP contribution in [0.2, 0.25) is 0 Å². The predicted molar refractivity (Wildman–Crippen MR) is 89.6 cm³/mol. The van der Waals surface area contributed by atoms with Crippen LogP contribution in [0.3, 0.4) is 0 Å². The normalized spacial score (nSPS) is 11.0. The smallest absolute Gasteiger partial charge is 0.323 e. The lowest BCUT2D eigenvalue weighted by Crippen LogP contribution is -2.17. The molecule has 0 bridgehead atoms. The fraction of sp³-hybridized carbons (Fsp3) is 0.118. The number of aliphatic carboxylic acids is 1. The lowest BCUT2D eigenvalue weighted by Gasteiger charge is -2.14. The third-order valence-electron chi connectivity index (χ3n) is 3.53. The van der Waals surface area contributed by atoms with E-state index in [1.807, 2.05) is 0 Å². The number of carbonyl (C=O) groups is 1. The Balaban J connectivity index is 2.04. The van der Waals surface area contributed by atoms with Crippen molar-refractivity contribution in [2.75, 3.05) is 0 Å². The zero-order chi connectivity index (χ0) is 18.0. The summed E-state index contributed by atoms with van der Waals surface area (Å²) >= 11 is 1.05. The molecular formula is C17H12F2N2O3S. The third-order valence-corrected chi connectivity index (χ3v) is 4.62. The second-order valence-electron chi connectivity index (χ2n) is 5.20. The maximum Gasteiger partial charge on any atom is 0.323 e. The summed E-state index contributed by atoms with van der Waals surface area (Å²) in [5.41, 5.74) is 0.0482. The standard InChI is InChI=1S/C17H12F2N2O3S/c18-12-5-1-3-10(16(12)19)9-25-14-7-13(22)11-4-2-6-20-17(11)21(14)8-15(23)24/h1-7H,8-9H2,(H,23,24). The number of hydrogen-bond acceptors (Lipinski definition) is 4. The number of benzene rings is 1. The minimum absolute atomic E-state index is 0.0427. The topological polar surface area (TPSA) is 72.2 Å². The van der Waals surface area contributed by atoms with E-state index in [-0.39, 0.29) is 22.4 Å². The van der Waals surface area contributed by atoms with E-state index in [2.05, 4.69) is 4.98 Å². The molecule has 0 saturated heterocycles. The Labute approximate surface area is 144 Å². The van der Waals surface area contributed by atoms with Crippen molar-refractivity contribution < 1.29 is 18.7 Å². The molecule has 128 valence electrons. The zero-order valence-electron chi connectivity index (χ0n) is 12.8. The van der Waals surface area contributed by atoms with Crippen LogP contribution in [0.4, 0.5) is 8.78 Å². The van der Waals surface area contributed by atoms with Crippen LogP contribution in [0.1, 0.15) is 5.56 Å². The van der Waals surface area contributed by atoms with Gasteiger partial charge in [0.25, 0.3) is 0 Å². The van der Waals surface area contributed by atoms with E-state index in [0.29, 0.717) is 10.4 Å². The summed E-state index contributed by atoms with van der Waals surface area (Å²) < 4.78 is 28.5. The highest BCUT2D eigenvalue weighted by Crippen LogP contribution is 2.26. The molecule has 0 aliphatic heterocycles. The summed E-state index contributed by atoms with van der Waals surface area (Å²) in [6, 6.07) is 8.27. The van der Waals surface area contributed by atoms with Crippen molar-refractivity contribution in [2.24, 2.45) is 0 Å². The molecule has 25 heavy (non-hydrogen) atoms. The Morgan fingerprint density at radius 3 is 2.80 bits per heavy atom. The van der Waals surface area contributed by atoms with Crippen molar-refractivity contribution in [3.05, 3.63) is 70.0 Å². The highest BCUT2D eigenvalue weighted by atomic mass is 32.2. The van der Waals surface area contributed by atoms with Crippen molar-refractivity contribution in [3.63, 3.8) is 0 Å². The second kappa shape index (κ2) is 7.02. The number of rotatable bonds is 5. The van der Waals surface area contributed by atoms with Crippen LogP contribution in [-0.4, -0.2) is 20.6 Å². The predicted octanol–water partition coefficient (Wildman–Crippen LogP) is 3.05. The first-order valence-corrected chi connectivity index (χ1v) is 8.22. The molecule has 0 aliphatic carbocycles. The molecule has 0 unspecified atom stereocenters. The molecule has 8 heteroatoms. The van der Waals surface area contributed by atoms with E-state index >= 15 is 0 Å². The fourth-order valence-corrected chi connectivity index (χ4v) is 3.42. The highest BCUT2D eigenvalue weighted by Gasteiger charge is 2.14. The summed E-state index contributed by atoms with van der Waals surface area (Å²) in [5, 5.41) is 9.76. The molecule has 5 nitrogen and oxygen atoms in total. The van der Waals surface area contributed by atoms with Gasteiger partial charge in [0, 0.05) is 23.6 Å². The third kappa shape index (κ3) is 3.53. The van der Waals surface area contributed by atoms with E-state index < -0.39 is 24.1 Å². The SMILES string of the molecule is O=C(O)Cn1c(SCc2cccc(F)c2F)cc(=O)c2cccnc21. The van der Waals surface area contributed by atoms with E-state index in [4.69, 9.17) is 5.11 Å². The number of fused-ring (bicyclic) bond motifs is 1. The van der Waals surface area contributed by atoms with Gasteiger partial charge in [0.1, 0.15) is 12.2 Å². The molecule has 0 amide bonds. The minimum atomic E-state index is -1.10. The molecule has 0 aliphatic rings. The number of hydrogen-bond donors (Lipinski definition) is 1. The van der Waals surface area contributed by atoms with Crippen LogP contribution in [0.5, 0.6) is 0 Å². The van der Waals surface area contributed by atoms with Gasteiger partial charge < -0.3 is 9.67 Å². The zero-order valence-corrected chi connectivity index (χ0v) is 13.6. The molecule has 0 radical (unpaired) electrons. The summed E-state index contributed by atoms with van der Waals surface area (Å²) in [4.78, 5) is 27.5. The monoisotopic (exact) mass is 362 g/mol. The van der Waals surface area contributed by atoms with Gasteiger partial charge in [0.2, 0.25) is 0 Å². The van der Waals surface area contributed by atoms with Crippen LogP contribution >= 0.6 is 11.8 Å². The number of halogens is 2. The van der Waals surface area contributed by atoms with Gasteiger partial charge in [-0.2, -0.15) is 0 Å². The van der Waals surface area contributed by atoms with E-state index in [1.165, 1.54) is 29.0 Å². The number of aromatic nitrogens is 2. The molecule has 2 heterocycles. The Hall–Kier alpha value is -2.74. The van der Waals surface area contributed by atoms with Gasteiger partial charge in [-0.3, -0.25) is 9.59 Å². The van der Waals surface area contributed by atoms with Crippen LogP contribution in [0, 0.1) is 11.6 Å². The number of carboxylic acid groups (broad SMARTS) is 1. The van der Waals surface area contributed by atoms with Crippen LogP contribution in [0.15, 0.2) is 52.4 Å². The van der Waals surface area contributed by atoms with E-state index in [9.17, 15) is 18.4 Å². The van der Waals surface area contributed by atoms with Gasteiger partial charge >= 0.3 is 5.97 Å². The van der Waals surface area contributed by atoms with Crippen molar-refractivity contribution in [1.82, 2.24) is 9.55 Å². The highest BCUT2D eigenvalue weighted by molar-refractivity contribution is 7.98. The van der Waals surface area contributed by atoms with E-state index in [1.54, 1.807) is 12.1 Å². The van der Waals surface area contributed by atoms with Crippen molar-refractivity contribution in [2.45, 2.75) is 17.3 Å².